The first-order valence-electron chi connectivity index (χ1n) is 19.6. The molecule has 9 heterocycles. The molecule has 4 aliphatic rings. The zero-order valence-electron chi connectivity index (χ0n) is 31.1. The van der Waals surface area contributed by atoms with Crippen LogP contribution in [0.5, 0.6) is 0 Å². The van der Waals surface area contributed by atoms with Crippen molar-refractivity contribution in [1.82, 2.24) is 40.0 Å². The summed E-state index contributed by atoms with van der Waals surface area (Å²) in [7, 11) is 0. The maximum Gasteiger partial charge on any atom is 0.235 e. The number of aromatic nitrogens is 6. The zero-order chi connectivity index (χ0) is 38.0. The predicted molar refractivity (Wildman–Crippen MR) is 212 cm³/mol. The first-order chi connectivity index (χ1) is 27.5. The van der Waals surface area contributed by atoms with Crippen molar-refractivity contribution in [3.63, 3.8) is 0 Å². The normalized spacial score (nSPS) is 20.3. The number of fused-ring (bicyclic) bond motifs is 1. The van der Waals surface area contributed by atoms with E-state index < -0.39 is 0 Å². The second kappa shape index (κ2) is 15.9. The van der Waals surface area contributed by atoms with Crippen molar-refractivity contribution < 1.29 is 14.3 Å². The minimum atomic E-state index is -0.355. The summed E-state index contributed by atoms with van der Waals surface area (Å²) in [6, 6.07) is 14.3. The molecule has 0 unspecified atom stereocenters. The molecule has 0 radical (unpaired) electrons. The maximum absolute atomic E-state index is 12.3. The van der Waals surface area contributed by atoms with Crippen molar-refractivity contribution in [2.45, 2.75) is 50.5 Å². The van der Waals surface area contributed by atoms with E-state index in [0.717, 1.165) is 134 Å². The number of ether oxygens (including phenoxy) is 1. The number of hydrogen-bond donors (Lipinski definition) is 2. The molecule has 2 N–H and O–H groups in total. The molecule has 9 rings (SSSR count). The summed E-state index contributed by atoms with van der Waals surface area (Å²) in [5.41, 5.74) is 6.70. The number of nitrogens with one attached hydrogen (secondary N) is 2. The Hall–Kier alpha value is -5.50. The number of rotatable bonds is 9. The Kier molecular flexibility index (Phi) is 10.3. The maximum atomic E-state index is 12.3. The second-order valence-corrected chi connectivity index (χ2v) is 16.1. The van der Waals surface area contributed by atoms with Gasteiger partial charge in [-0.2, -0.15) is 10.4 Å². The fourth-order valence-corrected chi connectivity index (χ4v) is 9.20. The minimum absolute atomic E-state index is 0.205. The Morgan fingerprint density at radius 3 is 2.50 bits per heavy atom. The predicted octanol–water partition coefficient (Wildman–Crippen LogP) is 4.33. The lowest BCUT2D eigenvalue weighted by atomic mass is 9.94. The van der Waals surface area contributed by atoms with Crippen LogP contribution in [0.2, 0.25) is 0 Å². The fraction of sp³-hybridized carbons (Fsp3) is 0.450. The van der Waals surface area contributed by atoms with E-state index in [1.165, 1.54) is 0 Å². The Bertz CT molecular complexity index is 2250. The van der Waals surface area contributed by atoms with Crippen LogP contribution in [0, 0.1) is 17.2 Å². The molecule has 0 bridgehead atoms. The number of imide groups is 1. The Morgan fingerprint density at radius 2 is 1.73 bits per heavy atom. The van der Waals surface area contributed by atoms with Crippen molar-refractivity contribution in [3.8, 4) is 28.0 Å². The van der Waals surface area contributed by atoms with Gasteiger partial charge in [-0.15, -0.1) is 10.2 Å². The number of nitriles is 1. The molecule has 5 aromatic heterocycles. The van der Waals surface area contributed by atoms with Gasteiger partial charge in [-0.05, 0) is 74.4 Å². The van der Waals surface area contributed by atoms with Crippen molar-refractivity contribution in [1.29, 1.82) is 5.26 Å². The average molecular weight is 773 g/mol. The molecule has 16 heteroatoms. The summed E-state index contributed by atoms with van der Waals surface area (Å²) < 4.78 is 7.45. The van der Waals surface area contributed by atoms with Gasteiger partial charge in [0, 0.05) is 83.4 Å². The summed E-state index contributed by atoms with van der Waals surface area (Å²) in [5.74, 6) is -0.160. The molecule has 4 fully saturated rings. The van der Waals surface area contributed by atoms with E-state index in [1.54, 1.807) is 17.5 Å². The van der Waals surface area contributed by atoms with Crippen molar-refractivity contribution in [3.05, 3.63) is 66.2 Å². The molecule has 0 spiro atoms. The lowest BCUT2D eigenvalue weighted by molar-refractivity contribution is -0.134. The van der Waals surface area contributed by atoms with Gasteiger partial charge in [-0.3, -0.25) is 29.8 Å². The Balaban J connectivity index is 0.810. The van der Waals surface area contributed by atoms with Crippen LogP contribution >= 0.6 is 11.3 Å². The van der Waals surface area contributed by atoms with Crippen molar-refractivity contribution in [2.75, 3.05) is 74.1 Å². The quantitative estimate of drug-likeness (QED) is 0.203. The van der Waals surface area contributed by atoms with E-state index >= 15 is 0 Å². The number of anilines is 3. The van der Waals surface area contributed by atoms with Gasteiger partial charge in [0.25, 0.3) is 0 Å². The van der Waals surface area contributed by atoms with Crippen LogP contribution in [-0.4, -0.2) is 112 Å². The smallest absolute Gasteiger partial charge is 0.235 e. The number of carbonyl (C=O) groups is 2. The zero-order valence-corrected chi connectivity index (χ0v) is 32.0. The van der Waals surface area contributed by atoms with Crippen LogP contribution < -0.4 is 20.4 Å². The monoisotopic (exact) mass is 772 g/mol. The minimum Gasteiger partial charge on any atom is -0.381 e. The van der Waals surface area contributed by atoms with Crippen molar-refractivity contribution in [2.24, 2.45) is 5.92 Å². The summed E-state index contributed by atoms with van der Waals surface area (Å²) in [5, 5.41) is 31.2. The summed E-state index contributed by atoms with van der Waals surface area (Å²) in [6.07, 6.45) is 10.3. The molecule has 56 heavy (non-hydrogen) atoms. The number of piperidine rings is 2. The molecule has 0 aliphatic carbocycles. The standard InChI is InChI=1S/C40H44N12O3S/c41-21-27-19-29-2-5-36(52(29)44-22-27)35-20-34(45-28-9-17-55-18-10-28)32(24-43-35)39-47-48-40(56-39)51-15-13-49(14-16-51)25-26-7-11-50(12-8-26)30-1-4-33(42-23-30)31-3-6-37(53)46-38(31)54/h1-2,4-5,19-20,22-24,26,28,31H,3,6-18,25H2,(H,43,45)(H,46,53,54)/t31-/m1/s1. The molecule has 5 aromatic rings. The number of nitrogens with zero attached hydrogens (tertiary/aromatic N) is 10. The highest BCUT2D eigenvalue weighted by atomic mass is 32.1. The molecule has 2 amide bonds. The number of amides is 2. The molecule has 288 valence electrons. The van der Waals surface area contributed by atoms with E-state index in [4.69, 9.17) is 9.72 Å². The van der Waals surface area contributed by atoms with E-state index in [1.807, 2.05) is 41.2 Å². The van der Waals surface area contributed by atoms with Gasteiger partial charge in [0.1, 0.15) is 6.07 Å². The number of carbonyl (C=O) groups excluding carboxylic acids is 2. The van der Waals surface area contributed by atoms with E-state index in [9.17, 15) is 14.9 Å². The van der Waals surface area contributed by atoms with Crippen molar-refractivity contribution >= 4 is 45.2 Å². The first-order valence-corrected chi connectivity index (χ1v) is 20.4. The Morgan fingerprint density at radius 1 is 0.893 bits per heavy atom. The van der Waals surface area contributed by atoms with Gasteiger partial charge in [0.05, 0.1) is 57.7 Å². The van der Waals surface area contributed by atoms with Gasteiger partial charge >= 0.3 is 0 Å². The topological polar surface area (TPSA) is 170 Å². The second-order valence-electron chi connectivity index (χ2n) is 15.1. The molecule has 0 aromatic carbocycles. The van der Waals surface area contributed by atoms with E-state index in [-0.39, 0.29) is 23.8 Å². The van der Waals surface area contributed by atoms with E-state index in [2.05, 4.69) is 63.8 Å². The third kappa shape index (κ3) is 7.66. The van der Waals surface area contributed by atoms with Gasteiger partial charge in [-0.1, -0.05) is 11.3 Å². The van der Waals surface area contributed by atoms with Crippen LogP contribution in [0.15, 0.2) is 55.0 Å². The molecule has 1 atom stereocenters. The SMILES string of the molecule is N#Cc1cnn2c(-c3cc(NC4CCOCC4)c(-c4nnc(N5CCN(CC6CCN(c7ccc([C@H]8CCC(=O)NC8=O)nc7)CC6)CC5)s4)cn3)ccc2c1. The first kappa shape index (κ1) is 36.2. The molecule has 4 saturated heterocycles. The molecular weight excluding hydrogens is 729 g/mol. The molecule has 15 nitrogen and oxygen atoms in total. The fourth-order valence-electron chi connectivity index (χ4n) is 8.28. The molecular formula is C40H44N12O3S. The van der Waals surface area contributed by atoms with E-state index in [0.29, 0.717) is 24.3 Å². The summed E-state index contributed by atoms with van der Waals surface area (Å²) >= 11 is 1.61. The van der Waals surface area contributed by atoms with Crippen LogP contribution in [0.4, 0.5) is 16.5 Å². The largest absolute Gasteiger partial charge is 0.381 e. The highest BCUT2D eigenvalue weighted by Crippen LogP contribution is 2.37. The summed E-state index contributed by atoms with van der Waals surface area (Å²) in [4.78, 5) is 40.6. The average Bonchev–Trinajstić information content (AvgIpc) is 3.90. The third-order valence-corrected chi connectivity index (χ3v) is 12.5. The van der Waals surface area contributed by atoms with Gasteiger partial charge < -0.3 is 19.9 Å². The Labute approximate surface area is 328 Å². The van der Waals surface area contributed by atoms with Crippen LogP contribution in [0.1, 0.15) is 55.7 Å². The number of pyridine rings is 2. The molecule has 4 aliphatic heterocycles. The molecule has 0 saturated carbocycles. The highest BCUT2D eigenvalue weighted by molar-refractivity contribution is 7.18. The third-order valence-electron chi connectivity index (χ3n) is 11.5. The van der Waals surface area contributed by atoms with Gasteiger partial charge in [0.2, 0.25) is 16.9 Å². The van der Waals surface area contributed by atoms with Crippen LogP contribution in [0.25, 0.3) is 27.5 Å². The highest BCUT2D eigenvalue weighted by Gasteiger charge is 2.30. The number of piperazine rings is 1. The van der Waals surface area contributed by atoms with Gasteiger partial charge in [0.15, 0.2) is 5.01 Å². The van der Waals surface area contributed by atoms with Crippen LogP contribution in [0.3, 0.4) is 0 Å². The number of hydrogen-bond acceptors (Lipinski definition) is 14. The lowest BCUT2D eigenvalue weighted by Crippen LogP contribution is -2.49. The van der Waals surface area contributed by atoms with Crippen LogP contribution in [-0.2, 0) is 14.3 Å². The lowest BCUT2D eigenvalue weighted by Gasteiger charge is -2.39. The van der Waals surface area contributed by atoms with Gasteiger partial charge in [-0.25, -0.2) is 4.52 Å². The summed E-state index contributed by atoms with van der Waals surface area (Å²) in [6.45, 7) is 8.33.